The second kappa shape index (κ2) is 4.95. The second-order valence-corrected chi connectivity index (χ2v) is 5.33. The number of nitrogens with two attached hydrogens (primary N) is 1. The van der Waals surface area contributed by atoms with E-state index in [1.165, 1.54) is 23.5 Å². The molecule has 0 aliphatic rings. The van der Waals surface area contributed by atoms with Crippen molar-refractivity contribution >= 4 is 22.9 Å². The van der Waals surface area contributed by atoms with Gasteiger partial charge in [0.2, 0.25) is 0 Å². The van der Waals surface area contributed by atoms with Gasteiger partial charge in [0.05, 0.1) is 4.34 Å². The van der Waals surface area contributed by atoms with Crippen molar-refractivity contribution in [1.82, 2.24) is 0 Å². The summed E-state index contributed by atoms with van der Waals surface area (Å²) in [6, 6.07) is 10.1. The summed E-state index contributed by atoms with van der Waals surface area (Å²) in [6.45, 7) is 0. The van der Waals surface area contributed by atoms with Gasteiger partial charge in [-0.1, -0.05) is 23.7 Å². The third-order valence-corrected chi connectivity index (χ3v) is 3.67. The molecule has 0 aliphatic carbocycles. The summed E-state index contributed by atoms with van der Waals surface area (Å²) in [7, 11) is 0. The molecule has 2 aromatic rings. The van der Waals surface area contributed by atoms with E-state index in [0.717, 1.165) is 14.8 Å². The van der Waals surface area contributed by atoms with E-state index in [1.54, 1.807) is 6.07 Å². The molecule has 2 N–H and O–H groups in total. The Labute approximate surface area is 103 Å². The molecule has 4 heteroatoms. The lowest BCUT2D eigenvalue weighted by atomic mass is 10.1. The molecular weight excluding hydrogens is 245 g/mol. The molecule has 1 aromatic heterocycles. The van der Waals surface area contributed by atoms with Crippen LogP contribution in [0.1, 0.15) is 16.5 Å². The predicted molar refractivity (Wildman–Crippen MR) is 66.4 cm³/mol. The maximum Gasteiger partial charge on any atom is 0.123 e. The van der Waals surface area contributed by atoms with Crippen LogP contribution in [-0.2, 0) is 6.42 Å². The third-order valence-electron chi connectivity index (χ3n) is 2.30. The van der Waals surface area contributed by atoms with Crippen molar-refractivity contribution in [2.75, 3.05) is 0 Å². The number of hydrogen-bond donors (Lipinski definition) is 1. The van der Waals surface area contributed by atoms with E-state index in [-0.39, 0.29) is 11.9 Å². The fourth-order valence-electron chi connectivity index (χ4n) is 1.55. The van der Waals surface area contributed by atoms with E-state index < -0.39 is 0 Å². The summed E-state index contributed by atoms with van der Waals surface area (Å²) in [5.41, 5.74) is 6.92. The summed E-state index contributed by atoms with van der Waals surface area (Å²) in [5, 5.41) is 0. The smallest absolute Gasteiger partial charge is 0.123 e. The molecule has 0 radical (unpaired) electrons. The van der Waals surface area contributed by atoms with Crippen molar-refractivity contribution in [2.45, 2.75) is 12.5 Å². The van der Waals surface area contributed by atoms with Crippen molar-refractivity contribution in [3.8, 4) is 0 Å². The monoisotopic (exact) mass is 255 g/mol. The Bertz CT molecular complexity index is 483. The molecule has 0 spiro atoms. The van der Waals surface area contributed by atoms with Gasteiger partial charge < -0.3 is 5.73 Å². The average molecular weight is 256 g/mol. The van der Waals surface area contributed by atoms with Crippen molar-refractivity contribution in [3.05, 3.63) is 57.0 Å². The van der Waals surface area contributed by atoms with E-state index in [2.05, 4.69) is 0 Å². The van der Waals surface area contributed by atoms with Gasteiger partial charge in [0.1, 0.15) is 5.82 Å². The Morgan fingerprint density at radius 1 is 1.31 bits per heavy atom. The normalized spacial score (nSPS) is 12.7. The fraction of sp³-hybridized carbons (Fsp3) is 0.167. The maximum absolute atomic E-state index is 13.0. The van der Waals surface area contributed by atoms with Crippen LogP contribution in [0.3, 0.4) is 0 Å². The van der Waals surface area contributed by atoms with Crippen LogP contribution in [0.5, 0.6) is 0 Å². The van der Waals surface area contributed by atoms with Gasteiger partial charge in [-0.25, -0.2) is 4.39 Å². The quantitative estimate of drug-likeness (QED) is 0.887. The lowest BCUT2D eigenvalue weighted by Gasteiger charge is -2.09. The van der Waals surface area contributed by atoms with Crippen LogP contribution in [-0.4, -0.2) is 0 Å². The second-order valence-electron chi connectivity index (χ2n) is 3.58. The van der Waals surface area contributed by atoms with E-state index in [1.807, 2.05) is 18.2 Å². The minimum absolute atomic E-state index is 0.126. The predicted octanol–water partition coefficient (Wildman–Crippen LogP) is 3.78. The minimum Gasteiger partial charge on any atom is -0.323 e. The SMILES string of the molecule is NC(Cc1cccc(F)c1)c1ccc(Cl)s1. The number of halogens is 2. The van der Waals surface area contributed by atoms with Crippen molar-refractivity contribution in [1.29, 1.82) is 0 Å². The van der Waals surface area contributed by atoms with Crippen LogP contribution in [0.25, 0.3) is 0 Å². The van der Waals surface area contributed by atoms with Gasteiger partial charge in [-0.3, -0.25) is 0 Å². The van der Waals surface area contributed by atoms with Crippen LogP contribution >= 0.6 is 22.9 Å². The molecule has 0 saturated heterocycles. The number of thiophene rings is 1. The van der Waals surface area contributed by atoms with E-state index in [4.69, 9.17) is 17.3 Å². The van der Waals surface area contributed by atoms with Crippen molar-refractivity contribution < 1.29 is 4.39 Å². The molecule has 0 aliphatic heterocycles. The van der Waals surface area contributed by atoms with E-state index in [0.29, 0.717) is 6.42 Å². The van der Waals surface area contributed by atoms with Gasteiger partial charge in [0.15, 0.2) is 0 Å². The number of benzene rings is 1. The topological polar surface area (TPSA) is 26.0 Å². The summed E-state index contributed by atoms with van der Waals surface area (Å²) in [4.78, 5) is 1.02. The van der Waals surface area contributed by atoms with Gasteiger partial charge in [-0.15, -0.1) is 11.3 Å². The zero-order valence-electron chi connectivity index (χ0n) is 8.49. The molecule has 1 heterocycles. The molecule has 16 heavy (non-hydrogen) atoms. The highest BCUT2D eigenvalue weighted by Crippen LogP contribution is 2.27. The Morgan fingerprint density at radius 2 is 2.12 bits per heavy atom. The van der Waals surface area contributed by atoms with Crippen molar-refractivity contribution in [3.63, 3.8) is 0 Å². The molecule has 1 nitrogen and oxygen atoms in total. The summed E-state index contributed by atoms with van der Waals surface area (Å²) < 4.78 is 13.7. The molecule has 0 saturated carbocycles. The Hall–Kier alpha value is -0.900. The van der Waals surface area contributed by atoms with Gasteiger partial charge in [-0.2, -0.15) is 0 Å². The van der Waals surface area contributed by atoms with Gasteiger partial charge >= 0.3 is 0 Å². The molecule has 1 atom stereocenters. The van der Waals surface area contributed by atoms with Crippen LogP contribution < -0.4 is 5.73 Å². The minimum atomic E-state index is -0.228. The largest absolute Gasteiger partial charge is 0.323 e. The molecule has 0 fully saturated rings. The Morgan fingerprint density at radius 3 is 2.75 bits per heavy atom. The fourth-order valence-corrected chi connectivity index (χ4v) is 2.61. The first-order chi connectivity index (χ1) is 7.65. The molecule has 0 amide bonds. The van der Waals surface area contributed by atoms with Crippen LogP contribution in [0, 0.1) is 5.82 Å². The Balaban J connectivity index is 2.10. The highest BCUT2D eigenvalue weighted by atomic mass is 35.5. The summed E-state index contributed by atoms with van der Waals surface area (Å²) in [6.07, 6.45) is 0.620. The standard InChI is InChI=1S/C12H11ClFNS/c13-12-5-4-11(16-12)10(15)7-8-2-1-3-9(14)6-8/h1-6,10H,7,15H2. The van der Waals surface area contributed by atoms with Crippen LogP contribution in [0.15, 0.2) is 36.4 Å². The van der Waals surface area contributed by atoms with Crippen LogP contribution in [0.2, 0.25) is 4.34 Å². The van der Waals surface area contributed by atoms with Gasteiger partial charge in [0, 0.05) is 10.9 Å². The third kappa shape index (κ3) is 2.82. The lowest BCUT2D eigenvalue weighted by Crippen LogP contribution is -2.11. The molecule has 2 rings (SSSR count). The highest BCUT2D eigenvalue weighted by molar-refractivity contribution is 7.16. The lowest BCUT2D eigenvalue weighted by molar-refractivity contribution is 0.622. The first kappa shape index (κ1) is 11.6. The summed E-state index contributed by atoms with van der Waals surface area (Å²) >= 11 is 7.30. The molecule has 0 bridgehead atoms. The van der Waals surface area contributed by atoms with Crippen molar-refractivity contribution in [2.24, 2.45) is 5.73 Å². The molecular formula is C12H11ClFNS. The van der Waals surface area contributed by atoms with Gasteiger partial charge in [0.25, 0.3) is 0 Å². The van der Waals surface area contributed by atoms with Gasteiger partial charge in [-0.05, 0) is 36.2 Å². The van der Waals surface area contributed by atoms with E-state index >= 15 is 0 Å². The first-order valence-corrected chi connectivity index (χ1v) is 6.10. The zero-order chi connectivity index (χ0) is 11.5. The zero-order valence-corrected chi connectivity index (χ0v) is 10.1. The van der Waals surface area contributed by atoms with Crippen LogP contribution in [0.4, 0.5) is 4.39 Å². The molecule has 1 aromatic carbocycles. The number of rotatable bonds is 3. The first-order valence-electron chi connectivity index (χ1n) is 4.90. The highest BCUT2D eigenvalue weighted by Gasteiger charge is 2.09. The summed E-state index contributed by atoms with van der Waals surface area (Å²) in [5.74, 6) is -0.228. The molecule has 1 unspecified atom stereocenters. The average Bonchev–Trinajstić information content (AvgIpc) is 2.65. The Kier molecular flexibility index (Phi) is 3.59. The number of hydrogen-bond acceptors (Lipinski definition) is 2. The maximum atomic E-state index is 13.0. The van der Waals surface area contributed by atoms with E-state index in [9.17, 15) is 4.39 Å². The molecule has 84 valence electrons.